The Morgan fingerprint density at radius 2 is 1.33 bits per heavy atom. The van der Waals surface area contributed by atoms with Gasteiger partial charge in [0.15, 0.2) is 11.6 Å². The molecule has 0 atom stereocenters. The van der Waals surface area contributed by atoms with Crippen LogP contribution in [0.2, 0.25) is 0 Å². The van der Waals surface area contributed by atoms with Gasteiger partial charge < -0.3 is 9.47 Å². The number of benzene rings is 2. The highest BCUT2D eigenvalue weighted by Crippen LogP contribution is 2.43. The average Bonchev–Trinajstić information content (AvgIpc) is 2.87. The third-order valence-electron chi connectivity index (χ3n) is 8.19. The summed E-state index contributed by atoms with van der Waals surface area (Å²) in [7, 11) is 0. The standard InChI is InChI=1S/C30H37F4O2/c1-2-3-20-4-6-21(7-5-20)8-9-22-10-12-23(13-11-22)28-26(31)18-19-27(29(28)32)35-24-14-16-25(17-15-24)36-30(33)34/h14-18,20-23,30H,2-13H2,1H3/t20-,21-,22?,23?. The highest BCUT2D eigenvalue weighted by atomic mass is 19.3. The Labute approximate surface area is 212 Å². The van der Waals surface area contributed by atoms with Crippen LogP contribution in [0.5, 0.6) is 17.2 Å². The third-order valence-corrected chi connectivity index (χ3v) is 8.19. The number of ether oxygens (including phenoxy) is 2. The van der Waals surface area contributed by atoms with E-state index < -0.39 is 18.2 Å². The number of hydrogen-bond acceptors (Lipinski definition) is 2. The number of halogens is 4. The number of hydrogen-bond donors (Lipinski definition) is 0. The molecule has 0 amide bonds. The smallest absolute Gasteiger partial charge is 0.387 e. The van der Waals surface area contributed by atoms with E-state index in [0.29, 0.717) is 5.92 Å². The Morgan fingerprint density at radius 3 is 1.89 bits per heavy atom. The average molecular weight is 506 g/mol. The molecule has 2 aliphatic carbocycles. The molecule has 0 aromatic heterocycles. The Morgan fingerprint density at radius 1 is 0.806 bits per heavy atom. The van der Waals surface area contributed by atoms with E-state index in [2.05, 4.69) is 17.7 Å². The van der Waals surface area contributed by atoms with Gasteiger partial charge in [0.1, 0.15) is 17.3 Å². The minimum Gasteiger partial charge on any atom is -0.454 e. The Hall–Kier alpha value is -2.24. The van der Waals surface area contributed by atoms with Crippen LogP contribution in [0.4, 0.5) is 17.6 Å². The number of rotatable bonds is 10. The highest BCUT2D eigenvalue weighted by Gasteiger charge is 2.29. The summed E-state index contributed by atoms with van der Waals surface area (Å²) in [6, 6.07) is 9.07. The molecule has 2 saturated carbocycles. The summed E-state index contributed by atoms with van der Waals surface area (Å²) in [5, 5.41) is 0. The zero-order valence-electron chi connectivity index (χ0n) is 21.1. The van der Waals surface area contributed by atoms with Crippen LogP contribution in [0.1, 0.15) is 95.5 Å². The second-order valence-corrected chi connectivity index (χ2v) is 10.6. The van der Waals surface area contributed by atoms with Gasteiger partial charge in [-0.25, -0.2) is 8.78 Å². The lowest BCUT2D eigenvalue weighted by Gasteiger charge is -2.32. The first-order chi connectivity index (χ1) is 17.4. The van der Waals surface area contributed by atoms with Gasteiger partial charge in [-0.15, -0.1) is 0 Å². The maximum atomic E-state index is 15.3. The topological polar surface area (TPSA) is 18.5 Å². The molecule has 0 unspecified atom stereocenters. The minimum absolute atomic E-state index is 0.0254. The highest BCUT2D eigenvalue weighted by molar-refractivity contribution is 5.39. The van der Waals surface area contributed by atoms with E-state index in [-0.39, 0.29) is 28.7 Å². The van der Waals surface area contributed by atoms with Gasteiger partial charge in [0.2, 0.25) is 0 Å². The Bertz CT molecular complexity index is 946. The van der Waals surface area contributed by atoms with Crippen LogP contribution in [-0.2, 0) is 0 Å². The summed E-state index contributed by atoms with van der Waals surface area (Å²) < 4.78 is 64.5. The molecule has 197 valence electrons. The van der Waals surface area contributed by atoms with E-state index in [1.165, 1.54) is 75.6 Å². The van der Waals surface area contributed by atoms with E-state index in [9.17, 15) is 13.2 Å². The maximum absolute atomic E-state index is 15.3. The van der Waals surface area contributed by atoms with E-state index in [1.807, 2.05) is 0 Å². The summed E-state index contributed by atoms with van der Waals surface area (Å²) in [5.74, 6) is 0.954. The van der Waals surface area contributed by atoms with E-state index >= 15 is 4.39 Å². The van der Waals surface area contributed by atoms with Crippen LogP contribution in [-0.4, -0.2) is 6.61 Å². The van der Waals surface area contributed by atoms with Crippen molar-refractivity contribution < 1.29 is 27.0 Å². The van der Waals surface area contributed by atoms with Gasteiger partial charge in [0, 0.05) is 11.6 Å². The molecule has 0 bridgehead atoms. The van der Waals surface area contributed by atoms with Gasteiger partial charge in [0.25, 0.3) is 0 Å². The third kappa shape index (κ3) is 7.17. The Kier molecular flexibility index (Phi) is 9.55. The molecule has 2 aliphatic rings. The molecular weight excluding hydrogens is 468 g/mol. The first kappa shape index (κ1) is 26.8. The van der Waals surface area contributed by atoms with Crippen LogP contribution in [0, 0.1) is 35.5 Å². The van der Waals surface area contributed by atoms with Gasteiger partial charge in [-0.2, -0.15) is 8.78 Å². The summed E-state index contributed by atoms with van der Waals surface area (Å²) >= 11 is 0. The molecule has 0 saturated heterocycles. The van der Waals surface area contributed by atoms with Crippen LogP contribution >= 0.6 is 0 Å². The largest absolute Gasteiger partial charge is 0.454 e. The molecule has 0 heterocycles. The minimum atomic E-state index is -2.93. The summed E-state index contributed by atoms with van der Waals surface area (Å²) in [4.78, 5) is 0. The summed E-state index contributed by atoms with van der Waals surface area (Å²) in [6.07, 6.45) is 14.2. The van der Waals surface area contributed by atoms with Gasteiger partial charge >= 0.3 is 6.61 Å². The first-order valence-electron chi connectivity index (χ1n) is 13.5. The van der Waals surface area contributed by atoms with Crippen molar-refractivity contribution in [2.24, 2.45) is 17.8 Å². The predicted octanol–water partition coefficient (Wildman–Crippen LogP) is 9.82. The van der Waals surface area contributed by atoms with Gasteiger partial charge in [0.05, 0.1) is 0 Å². The molecule has 6 heteroatoms. The van der Waals surface area contributed by atoms with Gasteiger partial charge in [-0.1, -0.05) is 58.3 Å². The first-order valence-corrected chi connectivity index (χ1v) is 13.5. The molecule has 4 rings (SSSR count). The van der Waals surface area contributed by atoms with E-state index in [1.54, 1.807) is 0 Å². The normalized spacial score (nSPS) is 24.6. The van der Waals surface area contributed by atoms with Crippen LogP contribution in [0.3, 0.4) is 0 Å². The molecule has 1 radical (unpaired) electrons. The SMILES string of the molecule is CCC[C@H]1CC[C@H](CCC2CCC(c3c(F)c[c]c(Oc4ccc(OC(F)F)cc4)c3F)CC2)CC1. The van der Waals surface area contributed by atoms with Crippen molar-refractivity contribution in [2.75, 3.05) is 0 Å². The lowest BCUT2D eigenvalue weighted by molar-refractivity contribution is -0.0498. The molecule has 2 aromatic carbocycles. The quantitative estimate of drug-likeness (QED) is 0.299. The maximum Gasteiger partial charge on any atom is 0.387 e. The van der Waals surface area contributed by atoms with E-state index in [0.717, 1.165) is 43.6 Å². The van der Waals surface area contributed by atoms with Crippen LogP contribution in [0.25, 0.3) is 0 Å². The molecule has 0 aliphatic heterocycles. The lowest BCUT2D eigenvalue weighted by Crippen LogP contribution is -2.18. The Balaban J connectivity index is 1.30. The fourth-order valence-corrected chi connectivity index (χ4v) is 6.18. The van der Waals surface area contributed by atoms with E-state index in [4.69, 9.17) is 4.74 Å². The molecule has 0 spiro atoms. The van der Waals surface area contributed by atoms with Crippen molar-refractivity contribution >= 4 is 0 Å². The molecule has 2 nitrogen and oxygen atoms in total. The molecular formula is C30H37F4O2. The van der Waals surface area contributed by atoms with Crippen LogP contribution < -0.4 is 9.47 Å². The molecule has 0 N–H and O–H groups in total. The van der Waals surface area contributed by atoms with Crippen molar-refractivity contribution in [3.63, 3.8) is 0 Å². The lowest BCUT2D eigenvalue weighted by atomic mass is 9.74. The molecule has 36 heavy (non-hydrogen) atoms. The second kappa shape index (κ2) is 12.8. The van der Waals surface area contributed by atoms with Crippen molar-refractivity contribution in [2.45, 2.75) is 96.5 Å². The molecule has 2 fully saturated rings. The van der Waals surface area contributed by atoms with Crippen LogP contribution in [0.15, 0.2) is 30.3 Å². The zero-order chi connectivity index (χ0) is 25.5. The summed E-state index contributed by atoms with van der Waals surface area (Å²) in [5.41, 5.74) is 0.0779. The van der Waals surface area contributed by atoms with Gasteiger partial charge in [-0.05, 0) is 79.7 Å². The van der Waals surface area contributed by atoms with Crippen molar-refractivity contribution in [1.82, 2.24) is 0 Å². The van der Waals surface area contributed by atoms with Crippen molar-refractivity contribution in [3.05, 3.63) is 53.6 Å². The molecule has 2 aromatic rings. The second-order valence-electron chi connectivity index (χ2n) is 10.6. The fraction of sp³-hybridized carbons (Fsp3) is 0.600. The number of alkyl halides is 2. The monoisotopic (exact) mass is 505 g/mol. The van der Waals surface area contributed by atoms with Gasteiger partial charge in [-0.3, -0.25) is 0 Å². The zero-order valence-corrected chi connectivity index (χ0v) is 21.1. The fourth-order valence-electron chi connectivity index (χ4n) is 6.18. The van der Waals surface area contributed by atoms with Crippen molar-refractivity contribution in [3.8, 4) is 17.2 Å². The predicted molar refractivity (Wildman–Crippen MR) is 133 cm³/mol. The summed E-state index contributed by atoms with van der Waals surface area (Å²) in [6.45, 7) is -0.653. The van der Waals surface area contributed by atoms with Crippen molar-refractivity contribution in [1.29, 1.82) is 0 Å².